The van der Waals surface area contributed by atoms with Crippen molar-refractivity contribution >= 4 is 52.1 Å². The molecule has 1 aliphatic heterocycles. The Morgan fingerprint density at radius 1 is 1.32 bits per heavy atom. The van der Waals surface area contributed by atoms with E-state index >= 15 is 0 Å². The van der Waals surface area contributed by atoms with Crippen LogP contribution in [0.25, 0.3) is 4.96 Å². The van der Waals surface area contributed by atoms with E-state index in [2.05, 4.69) is 22.1 Å². The number of carbonyl (C=O) groups is 1. The van der Waals surface area contributed by atoms with Crippen molar-refractivity contribution in [3.05, 3.63) is 47.6 Å². The lowest BCUT2D eigenvalue weighted by atomic mass is 10.3. The van der Waals surface area contributed by atoms with Gasteiger partial charge < -0.3 is 19.5 Å². The van der Waals surface area contributed by atoms with E-state index in [1.165, 1.54) is 6.26 Å². The van der Waals surface area contributed by atoms with E-state index in [1.54, 1.807) is 23.5 Å². The highest BCUT2D eigenvalue weighted by molar-refractivity contribution is 14.0. The average molecular weight is 514 g/mol. The summed E-state index contributed by atoms with van der Waals surface area (Å²) in [7, 11) is 0. The third-order valence-corrected chi connectivity index (χ3v) is 5.24. The summed E-state index contributed by atoms with van der Waals surface area (Å²) in [4.78, 5) is 26.7. The van der Waals surface area contributed by atoms with E-state index in [0.717, 1.165) is 36.2 Å². The molecule has 28 heavy (non-hydrogen) atoms. The second-order valence-corrected chi connectivity index (χ2v) is 7.12. The normalized spacial score (nSPS) is 15.0. The van der Waals surface area contributed by atoms with E-state index in [-0.39, 0.29) is 29.9 Å². The lowest BCUT2D eigenvalue weighted by molar-refractivity contribution is 0.0657. The molecule has 4 heterocycles. The second-order valence-electron chi connectivity index (χ2n) is 6.25. The van der Waals surface area contributed by atoms with Gasteiger partial charge in [0.25, 0.3) is 5.91 Å². The minimum atomic E-state index is -0.0559. The molecule has 0 aliphatic carbocycles. The summed E-state index contributed by atoms with van der Waals surface area (Å²) in [5.41, 5.74) is 0.948. The Kier molecular flexibility index (Phi) is 6.94. The Morgan fingerprint density at radius 3 is 2.79 bits per heavy atom. The van der Waals surface area contributed by atoms with Gasteiger partial charge in [-0.25, -0.2) is 9.98 Å². The van der Waals surface area contributed by atoms with Crippen molar-refractivity contribution in [1.29, 1.82) is 0 Å². The van der Waals surface area contributed by atoms with Gasteiger partial charge in [-0.2, -0.15) is 0 Å². The number of hydrogen-bond acceptors (Lipinski definition) is 5. The van der Waals surface area contributed by atoms with Crippen LogP contribution in [-0.4, -0.2) is 63.8 Å². The maximum atomic E-state index is 12.4. The topological polar surface area (TPSA) is 78.4 Å². The molecule has 0 bridgehead atoms. The van der Waals surface area contributed by atoms with Crippen molar-refractivity contribution in [2.75, 3.05) is 32.7 Å². The summed E-state index contributed by atoms with van der Waals surface area (Å²) >= 11 is 1.61. The molecular weight excluding hydrogens is 491 g/mol. The van der Waals surface area contributed by atoms with Crippen LogP contribution in [0, 0.1) is 0 Å². The molecular formula is C18H23IN6O2S. The molecule has 3 aromatic rings. The predicted molar refractivity (Wildman–Crippen MR) is 119 cm³/mol. The highest BCUT2D eigenvalue weighted by Crippen LogP contribution is 2.13. The summed E-state index contributed by atoms with van der Waals surface area (Å²) in [6.07, 6.45) is 5.54. The minimum Gasteiger partial charge on any atom is -0.459 e. The molecule has 0 spiro atoms. The number of guanidine groups is 1. The van der Waals surface area contributed by atoms with Crippen molar-refractivity contribution in [2.45, 2.75) is 13.5 Å². The molecule has 1 amide bonds. The van der Waals surface area contributed by atoms with Gasteiger partial charge in [0.15, 0.2) is 16.7 Å². The smallest absolute Gasteiger partial charge is 0.289 e. The maximum Gasteiger partial charge on any atom is 0.289 e. The molecule has 0 atom stereocenters. The van der Waals surface area contributed by atoms with Crippen LogP contribution in [0.3, 0.4) is 0 Å². The number of imidazole rings is 1. The number of furan rings is 1. The van der Waals surface area contributed by atoms with Crippen molar-refractivity contribution in [1.82, 2.24) is 24.5 Å². The Bertz CT molecular complexity index is 899. The standard InChI is InChI=1S/C18H22N6O2S.HI/c1-2-19-17(20-12-14-13-24-9-11-27-18(24)21-14)23-7-5-22(6-8-23)16(25)15-4-3-10-26-15;/h3-4,9-11,13H,2,5-8,12H2,1H3,(H,19,20);1H. The fourth-order valence-electron chi connectivity index (χ4n) is 3.11. The molecule has 10 heteroatoms. The quantitative estimate of drug-likeness (QED) is 0.329. The van der Waals surface area contributed by atoms with Gasteiger partial charge in [0.2, 0.25) is 0 Å². The van der Waals surface area contributed by atoms with Gasteiger partial charge in [-0.1, -0.05) is 0 Å². The van der Waals surface area contributed by atoms with Crippen molar-refractivity contribution < 1.29 is 9.21 Å². The first-order valence-electron chi connectivity index (χ1n) is 9.01. The first-order chi connectivity index (χ1) is 13.2. The zero-order valence-corrected chi connectivity index (χ0v) is 18.7. The van der Waals surface area contributed by atoms with Gasteiger partial charge >= 0.3 is 0 Å². The van der Waals surface area contributed by atoms with Crippen LogP contribution < -0.4 is 5.32 Å². The number of hydrogen-bond donors (Lipinski definition) is 1. The summed E-state index contributed by atoms with van der Waals surface area (Å²) in [6.45, 7) is 6.13. The summed E-state index contributed by atoms with van der Waals surface area (Å²) in [5, 5.41) is 5.36. The van der Waals surface area contributed by atoms with Crippen LogP contribution in [0.5, 0.6) is 0 Å². The highest BCUT2D eigenvalue weighted by atomic mass is 127. The number of rotatable bonds is 4. The number of amides is 1. The van der Waals surface area contributed by atoms with Crippen LogP contribution in [0.4, 0.5) is 0 Å². The fraction of sp³-hybridized carbons (Fsp3) is 0.389. The van der Waals surface area contributed by atoms with Crippen molar-refractivity contribution in [3.8, 4) is 0 Å². The molecule has 1 N–H and O–H groups in total. The predicted octanol–water partition coefficient (Wildman–Crippen LogP) is 2.53. The van der Waals surface area contributed by atoms with Crippen molar-refractivity contribution in [2.24, 2.45) is 4.99 Å². The molecule has 1 fully saturated rings. The van der Waals surface area contributed by atoms with Gasteiger partial charge in [0.05, 0.1) is 18.5 Å². The van der Waals surface area contributed by atoms with Gasteiger partial charge in [0.1, 0.15) is 0 Å². The lowest BCUT2D eigenvalue weighted by Crippen LogP contribution is -2.53. The number of nitrogens with one attached hydrogen (secondary N) is 1. The van der Waals surface area contributed by atoms with Crippen LogP contribution in [-0.2, 0) is 6.54 Å². The van der Waals surface area contributed by atoms with Crippen LogP contribution in [0.15, 0.2) is 45.6 Å². The second kappa shape index (κ2) is 9.41. The number of thiazole rings is 1. The molecule has 1 aliphatic rings. The van der Waals surface area contributed by atoms with Gasteiger partial charge in [-0.05, 0) is 19.1 Å². The van der Waals surface area contributed by atoms with Gasteiger partial charge in [-0.3, -0.25) is 9.20 Å². The third-order valence-electron chi connectivity index (χ3n) is 4.47. The molecule has 0 saturated carbocycles. The monoisotopic (exact) mass is 514 g/mol. The molecule has 0 aromatic carbocycles. The zero-order valence-electron chi connectivity index (χ0n) is 15.6. The first kappa shape index (κ1) is 20.6. The third kappa shape index (κ3) is 4.49. The SMILES string of the molecule is CCNC(=NCc1cn2ccsc2n1)N1CCN(C(=O)c2ccco2)CC1.I. The number of aliphatic imine (C=N–C) groups is 1. The van der Waals surface area contributed by atoms with Gasteiger partial charge in [-0.15, -0.1) is 35.3 Å². The lowest BCUT2D eigenvalue weighted by Gasteiger charge is -2.36. The number of halogens is 1. The largest absolute Gasteiger partial charge is 0.459 e. The number of nitrogens with zero attached hydrogens (tertiary/aromatic N) is 5. The van der Waals surface area contributed by atoms with E-state index < -0.39 is 0 Å². The van der Waals surface area contributed by atoms with E-state index in [1.807, 2.05) is 27.1 Å². The molecule has 8 nitrogen and oxygen atoms in total. The maximum absolute atomic E-state index is 12.4. The number of piperazine rings is 1. The highest BCUT2D eigenvalue weighted by Gasteiger charge is 2.25. The summed E-state index contributed by atoms with van der Waals surface area (Å²) in [5.74, 6) is 1.20. The van der Waals surface area contributed by atoms with E-state index in [9.17, 15) is 4.79 Å². The fourth-order valence-corrected chi connectivity index (χ4v) is 3.83. The first-order valence-corrected chi connectivity index (χ1v) is 9.89. The molecule has 1 saturated heterocycles. The Hall–Kier alpha value is -2.08. The Labute approximate surface area is 184 Å². The molecule has 0 unspecified atom stereocenters. The van der Waals surface area contributed by atoms with Crippen LogP contribution in [0.1, 0.15) is 23.2 Å². The molecule has 150 valence electrons. The van der Waals surface area contributed by atoms with Crippen molar-refractivity contribution in [3.63, 3.8) is 0 Å². The Balaban J connectivity index is 0.00000225. The van der Waals surface area contributed by atoms with E-state index in [0.29, 0.717) is 25.4 Å². The summed E-state index contributed by atoms with van der Waals surface area (Å²) in [6, 6.07) is 3.44. The Morgan fingerprint density at radius 2 is 2.11 bits per heavy atom. The van der Waals surface area contributed by atoms with Crippen LogP contribution in [0.2, 0.25) is 0 Å². The minimum absolute atomic E-state index is 0. The zero-order chi connectivity index (χ0) is 18.6. The molecule has 4 rings (SSSR count). The summed E-state index contributed by atoms with van der Waals surface area (Å²) < 4.78 is 7.23. The molecule has 3 aromatic heterocycles. The van der Waals surface area contributed by atoms with Crippen LogP contribution >= 0.6 is 35.3 Å². The number of fused-ring (bicyclic) bond motifs is 1. The molecule has 0 radical (unpaired) electrons. The van der Waals surface area contributed by atoms with Gasteiger partial charge in [0, 0.05) is 50.5 Å². The average Bonchev–Trinajstić information content (AvgIpc) is 3.42. The number of aromatic nitrogens is 2. The number of carbonyl (C=O) groups excluding carboxylic acids is 1. The van der Waals surface area contributed by atoms with E-state index in [4.69, 9.17) is 9.41 Å².